The van der Waals surface area contributed by atoms with Gasteiger partial charge in [0.1, 0.15) is 0 Å². The molecule has 1 rings (SSSR count). The molecule has 106 valence electrons. The van der Waals surface area contributed by atoms with E-state index in [0.29, 0.717) is 29.9 Å². The lowest BCUT2D eigenvalue weighted by atomic mass is 10.2. The number of pyridine rings is 1. The first-order chi connectivity index (χ1) is 8.79. The average molecular weight is 286 g/mol. The first-order valence-corrected chi connectivity index (χ1v) is 7.63. The number of carbonyl (C=O) groups is 1. The third-order valence-electron chi connectivity index (χ3n) is 2.36. The van der Waals surface area contributed by atoms with E-state index in [1.165, 1.54) is 6.20 Å². The summed E-state index contributed by atoms with van der Waals surface area (Å²) in [4.78, 5) is 15.8. The highest BCUT2D eigenvalue weighted by Crippen LogP contribution is 2.08. The van der Waals surface area contributed by atoms with Crippen molar-refractivity contribution in [1.29, 1.82) is 0 Å². The van der Waals surface area contributed by atoms with Gasteiger partial charge in [0.15, 0.2) is 0 Å². The molecule has 0 saturated heterocycles. The number of rotatable bonds is 6. The molecule has 7 nitrogen and oxygen atoms in total. The Labute approximate surface area is 112 Å². The van der Waals surface area contributed by atoms with Crippen molar-refractivity contribution in [2.45, 2.75) is 13.3 Å². The van der Waals surface area contributed by atoms with E-state index in [4.69, 9.17) is 5.73 Å². The molecule has 0 saturated carbocycles. The Balaban J connectivity index is 2.42. The van der Waals surface area contributed by atoms with Gasteiger partial charge in [-0.05, 0) is 19.4 Å². The van der Waals surface area contributed by atoms with E-state index in [1.54, 1.807) is 13.0 Å². The van der Waals surface area contributed by atoms with Crippen molar-refractivity contribution in [2.24, 2.45) is 0 Å². The van der Waals surface area contributed by atoms with Gasteiger partial charge < -0.3 is 11.1 Å². The Morgan fingerprint density at radius 3 is 2.74 bits per heavy atom. The molecule has 0 aliphatic heterocycles. The average Bonchev–Trinajstić information content (AvgIpc) is 2.30. The van der Waals surface area contributed by atoms with E-state index in [-0.39, 0.29) is 12.5 Å². The van der Waals surface area contributed by atoms with Gasteiger partial charge in [0.05, 0.1) is 29.4 Å². The molecule has 1 aromatic rings. The van der Waals surface area contributed by atoms with Crippen molar-refractivity contribution in [2.75, 3.05) is 25.1 Å². The largest absolute Gasteiger partial charge is 0.397 e. The Morgan fingerprint density at radius 1 is 1.42 bits per heavy atom. The summed E-state index contributed by atoms with van der Waals surface area (Å²) in [5.41, 5.74) is 7.02. The van der Waals surface area contributed by atoms with Crippen molar-refractivity contribution >= 4 is 21.6 Å². The lowest BCUT2D eigenvalue weighted by Crippen LogP contribution is -2.29. The highest BCUT2D eigenvalue weighted by molar-refractivity contribution is 7.88. The molecule has 1 amide bonds. The van der Waals surface area contributed by atoms with E-state index in [9.17, 15) is 13.2 Å². The van der Waals surface area contributed by atoms with Crippen molar-refractivity contribution in [1.82, 2.24) is 15.0 Å². The number of aryl methyl sites for hydroxylation is 1. The lowest BCUT2D eigenvalue weighted by molar-refractivity contribution is 0.0952. The number of aromatic nitrogens is 1. The second-order valence-electron chi connectivity index (χ2n) is 4.18. The van der Waals surface area contributed by atoms with Crippen molar-refractivity contribution in [3.63, 3.8) is 0 Å². The standard InChI is InChI=1S/C11H18N4O3S/c1-8-10(6-9(12)7-14-8)11(16)13-4-3-5-15-19(2,17)18/h6-7,15H,3-5,12H2,1-2H3,(H,13,16). The highest BCUT2D eigenvalue weighted by atomic mass is 32.2. The van der Waals surface area contributed by atoms with E-state index in [0.717, 1.165) is 6.26 Å². The minimum Gasteiger partial charge on any atom is -0.397 e. The zero-order valence-electron chi connectivity index (χ0n) is 10.9. The van der Waals surface area contributed by atoms with Crippen LogP contribution in [0.4, 0.5) is 5.69 Å². The predicted molar refractivity (Wildman–Crippen MR) is 73.2 cm³/mol. The van der Waals surface area contributed by atoms with Crippen LogP contribution in [0.15, 0.2) is 12.3 Å². The minimum absolute atomic E-state index is 0.267. The number of carbonyl (C=O) groups excluding carboxylic acids is 1. The topological polar surface area (TPSA) is 114 Å². The number of nitrogens with one attached hydrogen (secondary N) is 2. The first-order valence-electron chi connectivity index (χ1n) is 5.74. The van der Waals surface area contributed by atoms with E-state index < -0.39 is 10.0 Å². The Hall–Kier alpha value is -1.67. The summed E-state index contributed by atoms with van der Waals surface area (Å²) < 4.78 is 24.0. The van der Waals surface area contributed by atoms with Crippen LogP contribution in [0.1, 0.15) is 22.5 Å². The maximum absolute atomic E-state index is 11.8. The van der Waals surface area contributed by atoms with Crippen molar-refractivity contribution in [3.05, 3.63) is 23.5 Å². The predicted octanol–water partition coefficient (Wildman–Crippen LogP) is -0.359. The van der Waals surface area contributed by atoms with Crippen LogP contribution in [-0.4, -0.2) is 38.7 Å². The summed E-state index contributed by atoms with van der Waals surface area (Å²) in [6.45, 7) is 2.38. The summed E-state index contributed by atoms with van der Waals surface area (Å²) in [6, 6.07) is 1.56. The molecule has 19 heavy (non-hydrogen) atoms. The Kier molecular flexibility index (Phi) is 5.25. The van der Waals surface area contributed by atoms with Crippen LogP contribution in [0, 0.1) is 6.92 Å². The van der Waals surface area contributed by atoms with Gasteiger partial charge in [0.25, 0.3) is 5.91 Å². The third-order valence-corrected chi connectivity index (χ3v) is 3.08. The molecule has 0 aromatic carbocycles. The smallest absolute Gasteiger partial charge is 0.253 e. The van der Waals surface area contributed by atoms with Gasteiger partial charge in [-0.15, -0.1) is 0 Å². The zero-order valence-corrected chi connectivity index (χ0v) is 11.8. The van der Waals surface area contributed by atoms with Crippen LogP contribution < -0.4 is 15.8 Å². The fraction of sp³-hybridized carbons (Fsp3) is 0.455. The number of sulfonamides is 1. The molecule has 1 aromatic heterocycles. The van der Waals surface area contributed by atoms with Crippen LogP contribution >= 0.6 is 0 Å². The van der Waals surface area contributed by atoms with Crippen LogP contribution in [0.2, 0.25) is 0 Å². The molecule has 8 heteroatoms. The molecule has 0 bridgehead atoms. The molecule has 0 aliphatic carbocycles. The first kappa shape index (κ1) is 15.4. The monoisotopic (exact) mass is 286 g/mol. The minimum atomic E-state index is -3.18. The highest BCUT2D eigenvalue weighted by Gasteiger charge is 2.09. The second-order valence-corrected chi connectivity index (χ2v) is 6.01. The zero-order chi connectivity index (χ0) is 14.5. The van der Waals surface area contributed by atoms with Gasteiger partial charge in [-0.3, -0.25) is 9.78 Å². The normalized spacial score (nSPS) is 11.3. The summed E-state index contributed by atoms with van der Waals surface area (Å²) in [5, 5.41) is 2.68. The molecule has 4 N–H and O–H groups in total. The second kappa shape index (κ2) is 6.48. The molecule has 0 radical (unpaired) electrons. The molecule has 0 aliphatic rings. The fourth-order valence-corrected chi connectivity index (χ4v) is 1.94. The summed E-state index contributed by atoms with van der Waals surface area (Å²) in [6.07, 6.45) is 3.09. The summed E-state index contributed by atoms with van der Waals surface area (Å²) in [7, 11) is -3.18. The van der Waals surface area contributed by atoms with Crippen LogP contribution in [0.5, 0.6) is 0 Å². The number of anilines is 1. The number of nitrogens with two attached hydrogens (primary N) is 1. The summed E-state index contributed by atoms with van der Waals surface area (Å²) in [5.74, 6) is -0.267. The third kappa shape index (κ3) is 5.66. The quantitative estimate of drug-likeness (QED) is 0.618. The molecule has 0 fully saturated rings. The van der Waals surface area contributed by atoms with Gasteiger partial charge in [-0.1, -0.05) is 0 Å². The number of nitrogen functional groups attached to an aromatic ring is 1. The lowest BCUT2D eigenvalue weighted by Gasteiger charge is -2.08. The van der Waals surface area contributed by atoms with Crippen LogP contribution in [-0.2, 0) is 10.0 Å². The fourth-order valence-electron chi connectivity index (χ4n) is 1.42. The van der Waals surface area contributed by atoms with Crippen LogP contribution in [0.3, 0.4) is 0 Å². The SMILES string of the molecule is Cc1ncc(N)cc1C(=O)NCCCNS(C)(=O)=O. The van der Waals surface area contributed by atoms with Gasteiger partial charge in [-0.25, -0.2) is 13.1 Å². The van der Waals surface area contributed by atoms with Crippen molar-refractivity contribution in [3.8, 4) is 0 Å². The van der Waals surface area contributed by atoms with Crippen LogP contribution in [0.25, 0.3) is 0 Å². The number of hydrogen-bond donors (Lipinski definition) is 3. The molecule has 1 heterocycles. The van der Waals surface area contributed by atoms with E-state index in [2.05, 4.69) is 15.0 Å². The number of hydrogen-bond acceptors (Lipinski definition) is 5. The summed E-state index contributed by atoms with van der Waals surface area (Å²) >= 11 is 0. The molecule has 0 spiro atoms. The molecule has 0 atom stereocenters. The van der Waals surface area contributed by atoms with E-state index in [1.807, 2.05) is 0 Å². The molecule has 0 unspecified atom stereocenters. The maximum atomic E-state index is 11.8. The van der Waals surface area contributed by atoms with Gasteiger partial charge in [-0.2, -0.15) is 0 Å². The Morgan fingerprint density at radius 2 is 2.11 bits per heavy atom. The van der Waals surface area contributed by atoms with E-state index >= 15 is 0 Å². The number of nitrogens with zero attached hydrogens (tertiary/aromatic N) is 1. The van der Waals surface area contributed by atoms with Gasteiger partial charge in [0, 0.05) is 13.1 Å². The Bertz CT molecular complexity index is 557. The van der Waals surface area contributed by atoms with Gasteiger partial charge in [0.2, 0.25) is 10.0 Å². The molecular formula is C11H18N4O3S. The van der Waals surface area contributed by atoms with Crippen molar-refractivity contribution < 1.29 is 13.2 Å². The molecular weight excluding hydrogens is 268 g/mol. The number of amides is 1. The van der Waals surface area contributed by atoms with Gasteiger partial charge >= 0.3 is 0 Å². The maximum Gasteiger partial charge on any atom is 0.253 e.